The summed E-state index contributed by atoms with van der Waals surface area (Å²) in [5.74, 6) is 2.09. The van der Waals surface area contributed by atoms with Crippen molar-refractivity contribution in [1.82, 2.24) is 0 Å². The molecule has 0 spiro atoms. The Morgan fingerprint density at radius 2 is 1.91 bits per heavy atom. The van der Waals surface area contributed by atoms with Crippen LogP contribution in [0.5, 0.6) is 5.75 Å². The Morgan fingerprint density at radius 3 is 2.73 bits per heavy atom. The average molecular weight is 291 g/mol. The zero-order valence-corrected chi connectivity index (χ0v) is 12.8. The van der Waals surface area contributed by atoms with Crippen LogP contribution in [0.15, 0.2) is 60.7 Å². The van der Waals surface area contributed by atoms with E-state index in [2.05, 4.69) is 66.0 Å². The number of anilines is 1. The van der Waals surface area contributed by atoms with Gasteiger partial charge in [-0.2, -0.15) is 0 Å². The van der Waals surface area contributed by atoms with E-state index >= 15 is 0 Å². The molecule has 22 heavy (non-hydrogen) atoms. The van der Waals surface area contributed by atoms with Crippen LogP contribution in [0.1, 0.15) is 36.4 Å². The van der Waals surface area contributed by atoms with E-state index in [9.17, 15) is 0 Å². The van der Waals surface area contributed by atoms with Gasteiger partial charge in [0.05, 0.1) is 12.6 Å². The molecule has 2 aliphatic rings. The molecule has 0 bridgehead atoms. The molecule has 3 unspecified atom stereocenters. The van der Waals surface area contributed by atoms with E-state index < -0.39 is 0 Å². The van der Waals surface area contributed by atoms with Gasteiger partial charge in [0.2, 0.25) is 0 Å². The lowest BCUT2D eigenvalue weighted by atomic mass is 9.77. The van der Waals surface area contributed by atoms with Gasteiger partial charge in [-0.25, -0.2) is 0 Å². The Labute approximate surface area is 131 Å². The number of fused-ring (bicyclic) bond motifs is 3. The highest BCUT2D eigenvalue weighted by Crippen LogP contribution is 2.49. The van der Waals surface area contributed by atoms with Gasteiger partial charge < -0.3 is 10.1 Å². The average Bonchev–Trinajstić information content (AvgIpc) is 3.05. The normalized spacial score (nSPS) is 25.2. The third kappa shape index (κ3) is 2.19. The number of nitrogens with one attached hydrogen (secondary N) is 1. The molecule has 3 atom stereocenters. The number of allylic oxidation sites excluding steroid dienone is 2. The lowest BCUT2D eigenvalue weighted by Gasteiger charge is -2.37. The number of benzene rings is 2. The van der Waals surface area contributed by atoms with Crippen molar-refractivity contribution in [2.75, 3.05) is 11.9 Å². The molecule has 1 aliphatic heterocycles. The fourth-order valence-electron chi connectivity index (χ4n) is 3.81. The number of hydrogen-bond donors (Lipinski definition) is 1. The van der Waals surface area contributed by atoms with Gasteiger partial charge in [0.15, 0.2) is 0 Å². The van der Waals surface area contributed by atoms with Crippen LogP contribution in [-0.2, 0) is 0 Å². The Morgan fingerprint density at radius 1 is 1.09 bits per heavy atom. The Hall–Kier alpha value is -2.22. The highest BCUT2D eigenvalue weighted by atomic mass is 16.5. The first-order valence-electron chi connectivity index (χ1n) is 8.11. The van der Waals surface area contributed by atoms with Crippen LogP contribution in [-0.4, -0.2) is 6.61 Å². The van der Waals surface area contributed by atoms with E-state index in [-0.39, 0.29) is 0 Å². The second-order valence-corrected chi connectivity index (χ2v) is 6.06. The van der Waals surface area contributed by atoms with Gasteiger partial charge in [0.25, 0.3) is 0 Å². The third-order valence-corrected chi connectivity index (χ3v) is 4.82. The third-order valence-electron chi connectivity index (χ3n) is 4.82. The van der Waals surface area contributed by atoms with Crippen molar-refractivity contribution in [2.45, 2.75) is 25.3 Å². The van der Waals surface area contributed by atoms with Crippen molar-refractivity contribution in [3.05, 3.63) is 71.8 Å². The van der Waals surface area contributed by atoms with Crippen LogP contribution in [0.2, 0.25) is 0 Å². The number of ether oxygens (including phenoxy) is 1. The maximum Gasteiger partial charge on any atom is 0.119 e. The summed E-state index contributed by atoms with van der Waals surface area (Å²) in [5.41, 5.74) is 4.05. The number of rotatable bonds is 3. The second-order valence-electron chi connectivity index (χ2n) is 6.06. The minimum atomic E-state index is 0.366. The zero-order chi connectivity index (χ0) is 14.9. The van der Waals surface area contributed by atoms with Crippen molar-refractivity contribution < 1.29 is 4.74 Å². The van der Waals surface area contributed by atoms with E-state index in [1.165, 1.54) is 16.8 Å². The summed E-state index contributed by atoms with van der Waals surface area (Å²) in [6.07, 6.45) is 5.86. The Balaban J connectivity index is 1.68. The van der Waals surface area contributed by atoms with Gasteiger partial charge >= 0.3 is 0 Å². The fourth-order valence-corrected chi connectivity index (χ4v) is 3.81. The van der Waals surface area contributed by atoms with Crippen LogP contribution in [0.4, 0.5) is 5.69 Å². The lowest BCUT2D eigenvalue weighted by molar-refractivity contribution is 0.340. The lowest BCUT2D eigenvalue weighted by Crippen LogP contribution is -2.28. The summed E-state index contributed by atoms with van der Waals surface area (Å²) >= 11 is 0. The van der Waals surface area contributed by atoms with E-state index in [0.717, 1.165) is 12.2 Å². The fraction of sp³-hybridized carbons (Fsp3) is 0.300. The molecule has 1 aliphatic carbocycles. The van der Waals surface area contributed by atoms with Gasteiger partial charge in [0, 0.05) is 11.6 Å². The first-order valence-corrected chi connectivity index (χ1v) is 8.11. The molecule has 0 radical (unpaired) electrons. The highest BCUT2D eigenvalue weighted by molar-refractivity contribution is 5.59. The van der Waals surface area contributed by atoms with Crippen LogP contribution in [0.25, 0.3) is 0 Å². The standard InChI is InChI=1S/C20H21NO/c1-2-22-15-12-10-14(11-13-15)20-18-8-5-7-16(18)17-6-3-4-9-19(17)21-20/h3-7,9-13,16,18,20-21H,2,8H2,1H3. The molecule has 112 valence electrons. The molecule has 1 heterocycles. The molecule has 2 nitrogen and oxygen atoms in total. The maximum atomic E-state index is 5.56. The summed E-state index contributed by atoms with van der Waals surface area (Å²) in [7, 11) is 0. The molecule has 1 N–H and O–H groups in total. The molecule has 0 fully saturated rings. The van der Waals surface area contributed by atoms with Crippen molar-refractivity contribution in [3.8, 4) is 5.75 Å². The molecule has 0 aromatic heterocycles. The van der Waals surface area contributed by atoms with Crippen LogP contribution >= 0.6 is 0 Å². The van der Waals surface area contributed by atoms with E-state index in [0.29, 0.717) is 24.5 Å². The number of hydrogen-bond acceptors (Lipinski definition) is 2. The van der Waals surface area contributed by atoms with Gasteiger partial charge in [0.1, 0.15) is 5.75 Å². The molecule has 2 aromatic carbocycles. The second kappa shape index (κ2) is 5.53. The Bertz CT molecular complexity index is 689. The minimum Gasteiger partial charge on any atom is -0.494 e. The van der Waals surface area contributed by atoms with Gasteiger partial charge in [-0.1, -0.05) is 42.5 Å². The van der Waals surface area contributed by atoms with E-state index in [1.807, 2.05) is 6.92 Å². The van der Waals surface area contributed by atoms with Crippen molar-refractivity contribution in [3.63, 3.8) is 0 Å². The molecule has 4 rings (SSSR count). The van der Waals surface area contributed by atoms with Crippen molar-refractivity contribution in [2.24, 2.45) is 5.92 Å². The first-order chi connectivity index (χ1) is 10.9. The first kappa shape index (κ1) is 13.4. The highest BCUT2D eigenvalue weighted by Gasteiger charge is 2.37. The smallest absolute Gasteiger partial charge is 0.119 e. The van der Waals surface area contributed by atoms with Gasteiger partial charge in [-0.05, 0) is 48.6 Å². The predicted molar refractivity (Wildman–Crippen MR) is 90.4 cm³/mol. The SMILES string of the molecule is CCOc1ccc(C2Nc3ccccc3C3C=CCC32)cc1. The van der Waals surface area contributed by atoms with E-state index in [1.54, 1.807) is 0 Å². The van der Waals surface area contributed by atoms with Gasteiger partial charge in [-0.15, -0.1) is 0 Å². The zero-order valence-electron chi connectivity index (χ0n) is 12.8. The molecule has 2 heteroatoms. The molecule has 0 saturated carbocycles. The maximum absolute atomic E-state index is 5.56. The summed E-state index contributed by atoms with van der Waals surface area (Å²) in [6.45, 7) is 2.73. The van der Waals surface area contributed by atoms with Crippen LogP contribution in [0.3, 0.4) is 0 Å². The summed E-state index contributed by atoms with van der Waals surface area (Å²) in [4.78, 5) is 0. The monoisotopic (exact) mass is 291 g/mol. The molecule has 2 aromatic rings. The summed E-state index contributed by atoms with van der Waals surface area (Å²) in [5, 5.41) is 3.76. The van der Waals surface area contributed by atoms with Gasteiger partial charge in [-0.3, -0.25) is 0 Å². The molecule has 0 saturated heterocycles. The Kier molecular flexibility index (Phi) is 3.38. The largest absolute Gasteiger partial charge is 0.494 e. The molecular weight excluding hydrogens is 270 g/mol. The summed E-state index contributed by atoms with van der Waals surface area (Å²) < 4.78 is 5.56. The topological polar surface area (TPSA) is 21.3 Å². The van der Waals surface area contributed by atoms with Crippen molar-refractivity contribution in [1.29, 1.82) is 0 Å². The number of para-hydroxylation sites is 1. The van der Waals surface area contributed by atoms with Crippen LogP contribution < -0.4 is 10.1 Å². The summed E-state index contributed by atoms with van der Waals surface area (Å²) in [6, 6.07) is 17.6. The molecular formula is C20H21NO. The quantitative estimate of drug-likeness (QED) is 0.811. The minimum absolute atomic E-state index is 0.366. The predicted octanol–water partition coefficient (Wildman–Crippen LogP) is 4.91. The molecule has 0 amide bonds. The van der Waals surface area contributed by atoms with Crippen LogP contribution in [0, 0.1) is 5.92 Å². The van der Waals surface area contributed by atoms with E-state index in [4.69, 9.17) is 4.74 Å². The van der Waals surface area contributed by atoms with Crippen molar-refractivity contribution >= 4 is 5.69 Å².